The van der Waals surface area contributed by atoms with Gasteiger partial charge in [-0.15, -0.1) is 0 Å². The van der Waals surface area contributed by atoms with Crippen LogP contribution < -0.4 is 5.32 Å². The second-order valence-electron chi connectivity index (χ2n) is 5.68. The molecule has 6 heteroatoms. The van der Waals surface area contributed by atoms with Crippen molar-refractivity contribution >= 4 is 5.96 Å². The van der Waals surface area contributed by atoms with E-state index in [0.717, 1.165) is 36.7 Å². The molecule has 2 N–H and O–H groups in total. The summed E-state index contributed by atoms with van der Waals surface area (Å²) >= 11 is 0. The van der Waals surface area contributed by atoms with Crippen molar-refractivity contribution in [1.82, 2.24) is 20.0 Å². The number of rotatable bonds is 4. The average molecular weight is 313 g/mol. The summed E-state index contributed by atoms with van der Waals surface area (Å²) in [6.45, 7) is 4.97. The third-order valence-electron chi connectivity index (χ3n) is 3.89. The third kappa shape index (κ3) is 3.90. The Morgan fingerprint density at radius 3 is 3.04 bits per heavy atom. The van der Waals surface area contributed by atoms with Crippen LogP contribution in [-0.4, -0.2) is 51.5 Å². The van der Waals surface area contributed by atoms with Crippen LogP contribution in [0, 0.1) is 0 Å². The minimum atomic E-state index is -0.248. The molecule has 2 heterocycles. The Bertz CT molecular complexity index is 653. The van der Waals surface area contributed by atoms with Gasteiger partial charge < -0.3 is 15.3 Å². The lowest BCUT2D eigenvalue weighted by atomic mass is 10.2. The fourth-order valence-corrected chi connectivity index (χ4v) is 2.75. The van der Waals surface area contributed by atoms with Crippen LogP contribution in [0.1, 0.15) is 18.9 Å². The monoisotopic (exact) mass is 313 g/mol. The summed E-state index contributed by atoms with van der Waals surface area (Å²) in [6, 6.07) is 10.1. The summed E-state index contributed by atoms with van der Waals surface area (Å²) < 4.78 is 1.84. The molecule has 1 aliphatic heterocycles. The van der Waals surface area contributed by atoms with Gasteiger partial charge in [0.25, 0.3) is 0 Å². The number of aliphatic hydroxyl groups is 1. The molecule has 0 aliphatic carbocycles. The Morgan fingerprint density at radius 1 is 1.43 bits per heavy atom. The molecule has 1 aromatic heterocycles. The van der Waals surface area contributed by atoms with Crippen molar-refractivity contribution < 1.29 is 5.11 Å². The molecular formula is C17H23N5O. The number of β-amino-alcohol motifs (C(OH)–C–C–N with tert-alkyl or cyclic N) is 1. The fourth-order valence-electron chi connectivity index (χ4n) is 2.75. The van der Waals surface area contributed by atoms with Gasteiger partial charge in [-0.1, -0.05) is 12.1 Å². The maximum absolute atomic E-state index is 9.71. The Balaban J connectivity index is 1.73. The molecule has 0 bridgehead atoms. The van der Waals surface area contributed by atoms with Crippen LogP contribution in [0.4, 0.5) is 0 Å². The van der Waals surface area contributed by atoms with Crippen LogP contribution in [0.25, 0.3) is 5.69 Å². The normalized spacial score (nSPS) is 18.4. The number of benzene rings is 1. The van der Waals surface area contributed by atoms with Crippen molar-refractivity contribution in [2.75, 3.05) is 19.6 Å². The SMILES string of the molecule is CCNC(=NCc1cccc(-n2cccn2)c1)N1CC[C@@H](O)C1. The lowest BCUT2D eigenvalue weighted by Crippen LogP contribution is -2.40. The maximum atomic E-state index is 9.71. The molecule has 122 valence electrons. The highest BCUT2D eigenvalue weighted by Crippen LogP contribution is 2.12. The minimum absolute atomic E-state index is 0.248. The van der Waals surface area contributed by atoms with Crippen LogP contribution in [-0.2, 0) is 6.54 Å². The zero-order chi connectivity index (χ0) is 16.1. The smallest absolute Gasteiger partial charge is 0.194 e. The second kappa shape index (κ2) is 7.28. The Hall–Kier alpha value is -2.34. The molecule has 1 fully saturated rings. The molecule has 0 spiro atoms. The molecule has 3 rings (SSSR count). The topological polar surface area (TPSA) is 65.7 Å². The van der Waals surface area contributed by atoms with Gasteiger partial charge in [-0.3, -0.25) is 0 Å². The van der Waals surface area contributed by atoms with E-state index >= 15 is 0 Å². The lowest BCUT2D eigenvalue weighted by molar-refractivity contribution is 0.188. The van der Waals surface area contributed by atoms with Gasteiger partial charge >= 0.3 is 0 Å². The molecular weight excluding hydrogens is 290 g/mol. The van der Waals surface area contributed by atoms with E-state index in [2.05, 4.69) is 34.4 Å². The number of aliphatic imine (C=N–C) groups is 1. The van der Waals surface area contributed by atoms with Gasteiger partial charge in [0.15, 0.2) is 5.96 Å². The number of aliphatic hydroxyl groups excluding tert-OH is 1. The Kier molecular flexibility index (Phi) is 4.92. The predicted molar refractivity (Wildman–Crippen MR) is 90.6 cm³/mol. The molecule has 23 heavy (non-hydrogen) atoms. The van der Waals surface area contributed by atoms with Gasteiger partial charge in [0.05, 0.1) is 18.3 Å². The molecule has 0 unspecified atom stereocenters. The van der Waals surface area contributed by atoms with Crippen molar-refractivity contribution in [1.29, 1.82) is 0 Å². The number of nitrogens with zero attached hydrogens (tertiary/aromatic N) is 4. The first-order valence-electron chi connectivity index (χ1n) is 8.06. The molecule has 1 saturated heterocycles. The highest BCUT2D eigenvalue weighted by atomic mass is 16.3. The van der Waals surface area contributed by atoms with Crippen molar-refractivity contribution in [3.63, 3.8) is 0 Å². The first-order chi connectivity index (χ1) is 11.3. The van der Waals surface area contributed by atoms with Crippen LogP contribution in [0.5, 0.6) is 0 Å². The van der Waals surface area contributed by atoms with E-state index in [9.17, 15) is 5.11 Å². The van der Waals surface area contributed by atoms with Gasteiger partial charge in [-0.25, -0.2) is 9.67 Å². The molecule has 1 atom stereocenters. The van der Waals surface area contributed by atoms with E-state index in [-0.39, 0.29) is 6.10 Å². The first-order valence-corrected chi connectivity index (χ1v) is 8.06. The van der Waals surface area contributed by atoms with E-state index in [4.69, 9.17) is 4.99 Å². The van der Waals surface area contributed by atoms with E-state index in [1.54, 1.807) is 6.20 Å². The highest BCUT2D eigenvalue weighted by molar-refractivity contribution is 5.80. The average Bonchev–Trinajstić information content (AvgIpc) is 3.23. The molecule has 0 amide bonds. The molecule has 6 nitrogen and oxygen atoms in total. The summed E-state index contributed by atoms with van der Waals surface area (Å²) in [5.41, 5.74) is 2.16. The molecule has 1 aromatic carbocycles. The number of aromatic nitrogens is 2. The quantitative estimate of drug-likeness (QED) is 0.661. The van der Waals surface area contributed by atoms with E-state index in [1.807, 2.05) is 29.1 Å². The molecule has 2 aromatic rings. The Morgan fingerprint density at radius 2 is 2.35 bits per heavy atom. The predicted octanol–water partition coefficient (Wildman–Crippen LogP) is 1.40. The number of guanidine groups is 1. The summed E-state index contributed by atoms with van der Waals surface area (Å²) in [5.74, 6) is 0.869. The van der Waals surface area contributed by atoms with Crippen LogP contribution in [0.15, 0.2) is 47.7 Å². The van der Waals surface area contributed by atoms with Crippen LogP contribution >= 0.6 is 0 Å². The van der Waals surface area contributed by atoms with Crippen molar-refractivity contribution in [3.8, 4) is 5.69 Å². The van der Waals surface area contributed by atoms with Gasteiger partial charge in [-0.2, -0.15) is 5.10 Å². The standard InChI is InChI=1S/C17H23N5O/c1-2-18-17(21-10-7-16(23)13-21)19-12-14-5-3-6-15(11-14)22-9-4-8-20-22/h3-6,8-9,11,16,23H,2,7,10,12-13H2,1H3,(H,18,19)/t16-/m1/s1. The molecule has 0 radical (unpaired) electrons. The number of likely N-dealkylation sites (tertiary alicyclic amines) is 1. The first kappa shape index (κ1) is 15.6. The second-order valence-corrected chi connectivity index (χ2v) is 5.68. The van der Waals surface area contributed by atoms with Gasteiger partial charge in [0.2, 0.25) is 0 Å². The van der Waals surface area contributed by atoms with E-state index in [1.165, 1.54) is 0 Å². The van der Waals surface area contributed by atoms with Gasteiger partial charge in [0, 0.05) is 32.0 Å². The summed E-state index contributed by atoms with van der Waals surface area (Å²) in [6.07, 6.45) is 4.26. The van der Waals surface area contributed by atoms with Crippen LogP contribution in [0.2, 0.25) is 0 Å². The Labute approximate surface area is 136 Å². The maximum Gasteiger partial charge on any atom is 0.194 e. The van der Waals surface area contributed by atoms with Crippen LogP contribution in [0.3, 0.4) is 0 Å². The molecule has 1 aliphatic rings. The number of nitrogens with one attached hydrogen (secondary N) is 1. The van der Waals surface area contributed by atoms with Crippen molar-refractivity contribution in [3.05, 3.63) is 48.3 Å². The largest absolute Gasteiger partial charge is 0.391 e. The van der Waals surface area contributed by atoms with E-state index < -0.39 is 0 Å². The zero-order valence-corrected chi connectivity index (χ0v) is 13.4. The van der Waals surface area contributed by atoms with Gasteiger partial charge in [-0.05, 0) is 37.1 Å². The minimum Gasteiger partial charge on any atom is -0.391 e. The van der Waals surface area contributed by atoms with E-state index in [0.29, 0.717) is 13.1 Å². The zero-order valence-electron chi connectivity index (χ0n) is 13.4. The lowest BCUT2D eigenvalue weighted by Gasteiger charge is -2.21. The third-order valence-corrected chi connectivity index (χ3v) is 3.89. The number of hydrogen-bond donors (Lipinski definition) is 2. The summed E-state index contributed by atoms with van der Waals surface area (Å²) in [4.78, 5) is 6.83. The molecule has 0 saturated carbocycles. The highest BCUT2D eigenvalue weighted by Gasteiger charge is 2.22. The van der Waals surface area contributed by atoms with Crippen molar-refractivity contribution in [2.24, 2.45) is 4.99 Å². The van der Waals surface area contributed by atoms with Gasteiger partial charge in [0.1, 0.15) is 0 Å². The summed E-state index contributed by atoms with van der Waals surface area (Å²) in [7, 11) is 0. The fraction of sp³-hybridized carbons (Fsp3) is 0.412. The number of hydrogen-bond acceptors (Lipinski definition) is 3. The summed E-state index contributed by atoms with van der Waals surface area (Å²) in [5, 5.41) is 17.3. The van der Waals surface area contributed by atoms with Crippen molar-refractivity contribution in [2.45, 2.75) is 26.0 Å².